The van der Waals surface area contributed by atoms with Crippen molar-refractivity contribution in [2.45, 2.75) is 10.4 Å². The van der Waals surface area contributed by atoms with E-state index < -0.39 is 15.6 Å². The van der Waals surface area contributed by atoms with Gasteiger partial charge in [0.05, 0.1) is 4.90 Å². The largest absolute Gasteiger partial charge is 0.395 e. The molecule has 114 valence electrons. The summed E-state index contributed by atoms with van der Waals surface area (Å²) in [5, 5.41) is 5.35. The minimum atomic E-state index is -3.73. The third-order valence-corrected chi connectivity index (χ3v) is 4.62. The molecule has 0 aliphatic carbocycles. The van der Waals surface area contributed by atoms with Crippen LogP contribution in [0.15, 0.2) is 70.8 Å². The maximum absolute atomic E-state index is 11.4. The molecule has 0 radical (unpaired) electrons. The van der Waals surface area contributed by atoms with Gasteiger partial charge in [0, 0.05) is 6.08 Å². The number of hydroxylamine groups is 1. The molecular weight excluding hydrogens is 324 g/mol. The van der Waals surface area contributed by atoms with Crippen LogP contribution in [0.4, 0.5) is 0 Å². The number of halogens is 1. The van der Waals surface area contributed by atoms with Gasteiger partial charge in [-0.15, -0.1) is 5.48 Å². The highest BCUT2D eigenvalue weighted by molar-refractivity contribution is 7.89. The Kier molecular flexibility index (Phi) is 3.70. The molecule has 1 heterocycles. The summed E-state index contributed by atoms with van der Waals surface area (Å²) in [5.74, 6) is 0. The summed E-state index contributed by atoms with van der Waals surface area (Å²) in [7, 11) is -3.73. The second kappa shape index (κ2) is 5.40. The van der Waals surface area contributed by atoms with Gasteiger partial charge in [-0.3, -0.25) is 0 Å². The number of nitrogens with one attached hydrogen (secondary N) is 1. The topological polar surface area (TPSA) is 81.4 Å². The predicted octanol–water partition coefficient (Wildman–Crippen LogP) is 2.19. The van der Waals surface area contributed by atoms with Gasteiger partial charge < -0.3 is 4.84 Å². The summed E-state index contributed by atoms with van der Waals surface area (Å²) >= 11 is 5.96. The monoisotopic (exact) mass is 336 g/mol. The van der Waals surface area contributed by atoms with Crippen LogP contribution in [0.2, 0.25) is 0 Å². The molecule has 0 aromatic heterocycles. The number of rotatable bonds is 3. The summed E-state index contributed by atoms with van der Waals surface area (Å²) in [6.45, 7) is 0. The lowest BCUT2D eigenvalue weighted by Gasteiger charge is -2.27. The van der Waals surface area contributed by atoms with Crippen molar-refractivity contribution >= 4 is 21.6 Å². The fourth-order valence-electron chi connectivity index (χ4n) is 2.42. The van der Waals surface area contributed by atoms with Crippen LogP contribution >= 0.6 is 11.6 Å². The van der Waals surface area contributed by atoms with Crippen LogP contribution in [0, 0.1) is 0 Å². The summed E-state index contributed by atoms with van der Waals surface area (Å²) in [5.41, 5.74) is 3.81. The molecule has 1 atom stereocenters. The molecule has 0 fully saturated rings. The van der Waals surface area contributed by atoms with Crippen LogP contribution in [0.1, 0.15) is 11.1 Å². The maximum atomic E-state index is 11.4. The Bertz CT molecular complexity index is 820. The molecule has 1 unspecified atom stereocenters. The van der Waals surface area contributed by atoms with Crippen LogP contribution in [-0.4, -0.2) is 8.42 Å². The van der Waals surface area contributed by atoms with Gasteiger partial charge in [0.15, 0.2) is 0 Å². The van der Waals surface area contributed by atoms with E-state index in [-0.39, 0.29) is 10.1 Å². The highest BCUT2D eigenvalue weighted by Gasteiger charge is 2.38. The lowest BCUT2D eigenvalue weighted by molar-refractivity contribution is 0.106. The summed E-state index contributed by atoms with van der Waals surface area (Å²) in [6, 6.07) is 15.8. The van der Waals surface area contributed by atoms with Gasteiger partial charge in [-0.2, -0.15) is 0 Å². The van der Waals surface area contributed by atoms with Gasteiger partial charge in [-0.1, -0.05) is 42.5 Å². The molecule has 7 heteroatoms. The molecular formula is C15H13ClN2O3S. The molecule has 0 amide bonds. The van der Waals surface area contributed by atoms with Crippen LogP contribution in [0.5, 0.6) is 0 Å². The third kappa shape index (κ3) is 2.62. The smallest absolute Gasteiger partial charge is 0.238 e. The molecule has 1 aliphatic rings. The molecule has 0 bridgehead atoms. The van der Waals surface area contributed by atoms with Gasteiger partial charge in [0.2, 0.25) is 15.2 Å². The Labute approximate surface area is 133 Å². The van der Waals surface area contributed by atoms with E-state index in [4.69, 9.17) is 21.6 Å². The molecule has 0 spiro atoms. The zero-order chi connectivity index (χ0) is 15.8. The summed E-state index contributed by atoms with van der Waals surface area (Å²) < 4.78 is 22.7. The standard InChI is InChI=1S/C15H13ClN2O3S/c16-14-10-15(18-21-14,11-4-2-1-3-5-11)12-6-8-13(9-7-12)22(17,19)20/h1-10,18H,(H2,17,19,20). The quantitative estimate of drug-likeness (QED) is 0.900. The van der Waals surface area contributed by atoms with E-state index in [2.05, 4.69) is 5.48 Å². The van der Waals surface area contributed by atoms with Crippen LogP contribution < -0.4 is 10.6 Å². The Morgan fingerprint density at radius 1 is 1.00 bits per heavy atom. The minimum Gasteiger partial charge on any atom is -0.395 e. The van der Waals surface area contributed by atoms with E-state index >= 15 is 0 Å². The Hall–Kier alpha value is -1.86. The minimum absolute atomic E-state index is 0.0495. The first kappa shape index (κ1) is 15.1. The average Bonchev–Trinajstić information content (AvgIpc) is 2.91. The second-order valence-corrected chi connectivity index (χ2v) is 6.83. The number of nitrogens with two attached hydrogens (primary N) is 1. The number of hydrogen-bond acceptors (Lipinski definition) is 4. The summed E-state index contributed by atoms with van der Waals surface area (Å²) in [6.07, 6.45) is 1.73. The molecule has 5 nitrogen and oxygen atoms in total. The van der Waals surface area contributed by atoms with E-state index in [9.17, 15) is 8.42 Å². The van der Waals surface area contributed by atoms with Crippen molar-refractivity contribution in [3.8, 4) is 0 Å². The van der Waals surface area contributed by atoms with Crippen molar-refractivity contribution in [1.29, 1.82) is 0 Å². The van der Waals surface area contributed by atoms with Crippen molar-refractivity contribution in [2.24, 2.45) is 5.14 Å². The van der Waals surface area contributed by atoms with Crippen molar-refractivity contribution in [1.82, 2.24) is 5.48 Å². The lowest BCUT2D eigenvalue weighted by Crippen LogP contribution is -2.37. The van der Waals surface area contributed by atoms with E-state index in [0.29, 0.717) is 0 Å². The second-order valence-electron chi connectivity index (χ2n) is 4.90. The molecule has 3 rings (SSSR count). The SMILES string of the molecule is NS(=O)(=O)c1ccc(C2(c3ccccc3)C=C(Cl)ON2)cc1. The van der Waals surface area contributed by atoms with Gasteiger partial charge >= 0.3 is 0 Å². The normalized spacial score (nSPS) is 21.3. The predicted molar refractivity (Wildman–Crippen MR) is 83.2 cm³/mol. The van der Waals surface area contributed by atoms with Gasteiger partial charge in [-0.05, 0) is 34.9 Å². The van der Waals surface area contributed by atoms with Crippen molar-refractivity contribution in [2.75, 3.05) is 0 Å². The number of hydrogen-bond donors (Lipinski definition) is 2. The zero-order valence-corrected chi connectivity index (χ0v) is 12.9. The van der Waals surface area contributed by atoms with E-state index in [0.717, 1.165) is 11.1 Å². The Morgan fingerprint density at radius 3 is 2.09 bits per heavy atom. The number of primary sulfonamides is 1. The number of sulfonamides is 1. The fourth-order valence-corrected chi connectivity index (χ4v) is 3.14. The van der Waals surface area contributed by atoms with Gasteiger partial charge in [0.1, 0.15) is 5.54 Å². The maximum Gasteiger partial charge on any atom is 0.238 e. The van der Waals surface area contributed by atoms with Crippen molar-refractivity contribution in [3.05, 3.63) is 77.0 Å². The highest BCUT2D eigenvalue weighted by atomic mass is 35.5. The molecule has 3 N–H and O–H groups in total. The molecule has 2 aromatic carbocycles. The molecule has 2 aromatic rings. The third-order valence-electron chi connectivity index (χ3n) is 3.51. The first-order valence-electron chi connectivity index (χ1n) is 6.43. The van der Waals surface area contributed by atoms with Crippen molar-refractivity contribution in [3.63, 3.8) is 0 Å². The van der Waals surface area contributed by atoms with Crippen molar-refractivity contribution < 1.29 is 13.3 Å². The molecule has 22 heavy (non-hydrogen) atoms. The van der Waals surface area contributed by atoms with E-state index in [1.807, 2.05) is 30.3 Å². The van der Waals surface area contributed by atoms with E-state index in [1.54, 1.807) is 18.2 Å². The summed E-state index contributed by atoms with van der Waals surface area (Å²) in [4.78, 5) is 5.26. The lowest BCUT2D eigenvalue weighted by atomic mass is 9.84. The first-order chi connectivity index (χ1) is 10.4. The number of benzene rings is 2. The first-order valence-corrected chi connectivity index (χ1v) is 8.35. The average molecular weight is 337 g/mol. The molecule has 0 saturated carbocycles. The molecule has 0 saturated heterocycles. The highest BCUT2D eigenvalue weighted by Crippen LogP contribution is 2.37. The van der Waals surface area contributed by atoms with Crippen LogP contribution in [-0.2, 0) is 20.4 Å². The van der Waals surface area contributed by atoms with Crippen LogP contribution in [0.25, 0.3) is 0 Å². The van der Waals surface area contributed by atoms with Gasteiger partial charge in [-0.25, -0.2) is 13.6 Å². The fraction of sp³-hybridized carbons (Fsp3) is 0.0667. The van der Waals surface area contributed by atoms with E-state index in [1.165, 1.54) is 12.1 Å². The Morgan fingerprint density at radius 2 is 1.59 bits per heavy atom. The van der Waals surface area contributed by atoms with Gasteiger partial charge in [0.25, 0.3) is 0 Å². The van der Waals surface area contributed by atoms with Crippen LogP contribution in [0.3, 0.4) is 0 Å². The zero-order valence-electron chi connectivity index (χ0n) is 11.4. The molecule has 1 aliphatic heterocycles. The Balaban J connectivity index is 2.13.